The minimum atomic E-state index is -0.289. The maximum Gasteiger partial charge on any atom is 0.255 e. The van der Waals surface area contributed by atoms with E-state index in [1.54, 1.807) is 48.5 Å². The molecule has 3 aromatic rings. The van der Waals surface area contributed by atoms with Gasteiger partial charge >= 0.3 is 0 Å². The van der Waals surface area contributed by atoms with Gasteiger partial charge in [0.15, 0.2) is 0 Å². The SMILES string of the molecule is CC(=O)Nc1ccc(NC(=O)c2ccc(C(=O)Nc3ccc(C)cc3)cc2)cc1. The molecular formula is C23H21N3O3. The summed E-state index contributed by atoms with van der Waals surface area (Å²) in [6, 6.07) is 20.8. The van der Waals surface area contributed by atoms with Crippen LogP contribution in [-0.2, 0) is 4.79 Å². The van der Waals surface area contributed by atoms with E-state index >= 15 is 0 Å². The summed E-state index contributed by atoms with van der Waals surface area (Å²) in [5.74, 6) is -0.689. The molecule has 0 saturated carbocycles. The van der Waals surface area contributed by atoms with Crippen LogP contribution in [0.2, 0.25) is 0 Å². The smallest absolute Gasteiger partial charge is 0.255 e. The third kappa shape index (κ3) is 5.52. The Kier molecular flexibility index (Phi) is 6.04. The predicted octanol–water partition coefficient (Wildman–Crippen LogP) is 4.46. The second-order valence-electron chi connectivity index (χ2n) is 6.61. The number of hydrogen-bond donors (Lipinski definition) is 3. The highest BCUT2D eigenvalue weighted by Gasteiger charge is 2.10. The Balaban J connectivity index is 1.61. The van der Waals surface area contributed by atoms with Gasteiger partial charge in [0.1, 0.15) is 0 Å². The number of anilines is 3. The van der Waals surface area contributed by atoms with Gasteiger partial charge in [-0.1, -0.05) is 17.7 Å². The summed E-state index contributed by atoms with van der Waals surface area (Å²) < 4.78 is 0. The lowest BCUT2D eigenvalue weighted by Crippen LogP contribution is -2.14. The Morgan fingerprint density at radius 1 is 0.552 bits per heavy atom. The summed E-state index contributed by atoms with van der Waals surface area (Å²) in [6.07, 6.45) is 0. The molecule has 0 spiro atoms. The zero-order chi connectivity index (χ0) is 20.8. The zero-order valence-corrected chi connectivity index (χ0v) is 16.2. The van der Waals surface area contributed by atoms with Gasteiger partial charge in [0, 0.05) is 35.1 Å². The van der Waals surface area contributed by atoms with E-state index in [0.717, 1.165) is 5.56 Å². The quantitative estimate of drug-likeness (QED) is 0.604. The summed E-state index contributed by atoms with van der Waals surface area (Å²) in [7, 11) is 0. The summed E-state index contributed by atoms with van der Waals surface area (Å²) >= 11 is 0. The zero-order valence-electron chi connectivity index (χ0n) is 16.2. The van der Waals surface area contributed by atoms with Crippen molar-refractivity contribution in [1.29, 1.82) is 0 Å². The van der Waals surface area contributed by atoms with Crippen molar-refractivity contribution in [2.24, 2.45) is 0 Å². The molecule has 146 valence electrons. The lowest BCUT2D eigenvalue weighted by molar-refractivity contribution is -0.114. The van der Waals surface area contributed by atoms with Gasteiger partial charge in [-0.15, -0.1) is 0 Å². The maximum absolute atomic E-state index is 12.4. The number of rotatable bonds is 5. The first-order valence-electron chi connectivity index (χ1n) is 9.08. The largest absolute Gasteiger partial charge is 0.326 e. The van der Waals surface area contributed by atoms with Crippen LogP contribution >= 0.6 is 0 Å². The maximum atomic E-state index is 12.4. The second kappa shape index (κ2) is 8.84. The topological polar surface area (TPSA) is 87.3 Å². The Morgan fingerprint density at radius 3 is 1.28 bits per heavy atom. The van der Waals surface area contributed by atoms with E-state index in [1.165, 1.54) is 6.92 Å². The molecular weight excluding hydrogens is 366 g/mol. The predicted molar refractivity (Wildman–Crippen MR) is 114 cm³/mol. The highest BCUT2D eigenvalue weighted by molar-refractivity contribution is 6.07. The van der Waals surface area contributed by atoms with E-state index in [9.17, 15) is 14.4 Å². The molecule has 0 aliphatic heterocycles. The third-order valence-electron chi connectivity index (χ3n) is 4.18. The van der Waals surface area contributed by atoms with Crippen LogP contribution < -0.4 is 16.0 Å². The number of carbonyl (C=O) groups excluding carboxylic acids is 3. The summed E-state index contributed by atoms with van der Waals surface area (Å²) in [5, 5.41) is 8.27. The fourth-order valence-corrected chi connectivity index (χ4v) is 2.66. The number of nitrogens with one attached hydrogen (secondary N) is 3. The van der Waals surface area contributed by atoms with E-state index in [-0.39, 0.29) is 17.7 Å². The van der Waals surface area contributed by atoms with Gasteiger partial charge in [-0.05, 0) is 67.6 Å². The van der Waals surface area contributed by atoms with Crippen molar-refractivity contribution in [2.75, 3.05) is 16.0 Å². The average Bonchev–Trinajstić information content (AvgIpc) is 2.71. The standard InChI is InChI=1S/C23H21N3O3/c1-15-3-9-20(10-4-15)25-22(28)17-5-7-18(8-6-17)23(29)26-21-13-11-19(12-14-21)24-16(2)27/h3-14H,1-2H3,(H,24,27)(H,25,28)(H,26,29). The summed E-state index contributed by atoms with van der Waals surface area (Å²) in [4.78, 5) is 35.8. The molecule has 0 bridgehead atoms. The van der Waals surface area contributed by atoms with E-state index in [2.05, 4.69) is 16.0 Å². The molecule has 0 aliphatic carbocycles. The fourth-order valence-electron chi connectivity index (χ4n) is 2.66. The van der Waals surface area contributed by atoms with Crippen LogP contribution in [0.25, 0.3) is 0 Å². The van der Waals surface area contributed by atoms with Gasteiger partial charge in [0.05, 0.1) is 0 Å². The van der Waals surface area contributed by atoms with Gasteiger partial charge in [0.25, 0.3) is 11.8 Å². The van der Waals surface area contributed by atoms with Crippen LogP contribution in [0.3, 0.4) is 0 Å². The molecule has 0 aliphatic rings. The monoisotopic (exact) mass is 387 g/mol. The molecule has 0 unspecified atom stereocenters. The van der Waals surface area contributed by atoms with Crippen LogP contribution in [0.5, 0.6) is 0 Å². The van der Waals surface area contributed by atoms with Gasteiger partial charge in [-0.3, -0.25) is 14.4 Å². The summed E-state index contributed by atoms with van der Waals surface area (Å²) in [5.41, 5.74) is 3.97. The Labute approximate surface area is 169 Å². The lowest BCUT2D eigenvalue weighted by Gasteiger charge is -2.08. The van der Waals surface area contributed by atoms with Crippen LogP contribution in [0, 0.1) is 6.92 Å². The molecule has 6 nitrogen and oxygen atoms in total. The second-order valence-corrected chi connectivity index (χ2v) is 6.61. The first kappa shape index (κ1) is 19.8. The normalized spacial score (nSPS) is 10.1. The molecule has 0 heterocycles. The average molecular weight is 387 g/mol. The summed E-state index contributed by atoms with van der Waals surface area (Å²) in [6.45, 7) is 3.41. The van der Waals surface area contributed by atoms with Crippen LogP contribution in [0.15, 0.2) is 72.8 Å². The highest BCUT2D eigenvalue weighted by Crippen LogP contribution is 2.16. The number of aryl methyl sites for hydroxylation is 1. The minimum Gasteiger partial charge on any atom is -0.326 e. The Hall–Kier alpha value is -3.93. The number of carbonyl (C=O) groups is 3. The van der Waals surface area contributed by atoms with Crippen molar-refractivity contribution in [2.45, 2.75) is 13.8 Å². The van der Waals surface area contributed by atoms with Crippen LogP contribution in [-0.4, -0.2) is 17.7 Å². The number of benzene rings is 3. The minimum absolute atomic E-state index is 0.159. The number of amides is 3. The molecule has 0 atom stereocenters. The molecule has 29 heavy (non-hydrogen) atoms. The lowest BCUT2D eigenvalue weighted by atomic mass is 10.1. The van der Waals surface area contributed by atoms with Crippen molar-refractivity contribution in [1.82, 2.24) is 0 Å². The van der Waals surface area contributed by atoms with Gasteiger partial charge in [-0.2, -0.15) is 0 Å². The van der Waals surface area contributed by atoms with Gasteiger partial charge in [0.2, 0.25) is 5.91 Å². The van der Waals surface area contributed by atoms with Crippen LogP contribution in [0.4, 0.5) is 17.1 Å². The van der Waals surface area contributed by atoms with Crippen LogP contribution in [0.1, 0.15) is 33.2 Å². The molecule has 0 saturated heterocycles. The van der Waals surface area contributed by atoms with Crippen molar-refractivity contribution in [3.8, 4) is 0 Å². The molecule has 3 rings (SSSR count). The molecule has 0 radical (unpaired) electrons. The van der Waals surface area contributed by atoms with E-state index in [0.29, 0.717) is 28.2 Å². The van der Waals surface area contributed by atoms with E-state index in [4.69, 9.17) is 0 Å². The van der Waals surface area contributed by atoms with E-state index < -0.39 is 0 Å². The van der Waals surface area contributed by atoms with Crippen molar-refractivity contribution in [3.05, 3.63) is 89.5 Å². The molecule has 3 amide bonds. The molecule has 0 fully saturated rings. The van der Waals surface area contributed by atoms with Crippen molar-refractivity contribution in [3.63, 3.8) is 0 Å². The first-order chi connectivity index (χ1) is 13.9. The third-order valence-corrected chi connectivity index (χ3v) is 4.18. The number of hydrogen-bond acceptors (Lipinski definition) is 3. The molecule has 3 aromatic carbocycles. The fraction of sp³-hybridized carbons (Fsp3) is 0.0870. The Bertz CT molecular complexity index is 1020. The van der Waals surface area contributed by atoms with Crippen molar-refractivity contribution < 1.29 is 14.4 Å². The Morgan fingerprint density at radius 2 is 0.897 bits per heavy atom. The van der Waals surface area contributed by atoms with Gasteiger partial charge < -0.3 is 16.0 Å². The van der Waals surface area contributed by atoms with Crippen molar-refractivity contribution >= 4 is 34.8 Å². The first-order valence-corrected chi connectivity index (χ1v) is 9.08. The molecule has 3 N–H and O–H groups in total. The van der Waals surface area contributed by atoms with Gasteiger partial charge in [-0.25, -0.2) is 0 Å². The molecule has 0 aromatic heterocycles. The molecule has 6 heteroatoms. The van der Waals surface area contributed by atoms with E-state index in [1.807, 2.05) is 31.2 Å². The highest BCUT2D eigenvalue weighted by atomic mass is 16.2.